The van der Waals surface area contributed by atoms with Gasteiger partial charge in [-0.25, -0.2) is 0 Å². The molecule has 1 atom stereocenters. The van der Waals surface area contributed by atoms with E-state index in [9.17, 15) is 14.4 Å². The number of ketones is 2. The number of nitrogens with two attached hydrogens (primary N) is 1. The second-order valence-electron chi connectivity index (χ2n) is 4.14. The minimum atomic E-state index is -0.753. The van der Waals surface area contributed by atoms with Gasteiger partial charge in [-0.15, -0.1) is 0 Å². The molecule has 6 nitrogen and oxygen atoms in total. The second kappa shape index (κ2) is 5.18. The molecule has 0 aliphatic heterocycles. The van der Waals surface area contributed by atoms with E-state index >= 15 is 0 Å². The first-order valence-electron chi connectivity index (χ1n) is 5.05. The first-order valence-corrected chi connectivity index (χ1v) is 5.05. The lowest BCUT2D eigenvalue weighted by Crippen LogP contribution is -2.54. The van der Waals surface area contributed by atoms with Crippen LogP contribution in [0.25, 0.3) is 0 Å². The highest BCUT2D eigenvalue weighted by Gasteiger charge is 2.50. The van der Waals surface area contributed by atoms with Crippen LogP contribution in [-0.2, 0) is 19.2 Å². The third-order valence-electron chi connectivity index (χ3n) is 2.14. The third kappa shape index (κ3) is 2.86. The van der Waals surface area contributed by atoms with Crippen LogP contribution in [0.1, 0.15) is 20.3 Å². The van der Waals surface area contributed by atoms with Crippen molar-refractivity contribution in [1.82, 2.24) is 5.48 Å². The van der Waals surface area contributed by atoms with Crippen molar-refractivity contribution in [1.29, 1.82) is 0 Å². The number of hydrogen-bond donors (Lipinski definition) is 2. The molecule has 0 spiro atoms. The average Bonchev–Trinajstić information content (AvgIpc) is 2.20. The van der Waals surface area contributed by atoms with Crippen molar-refractivity contribution >= 4 is 17.5 Å². The van der Waals surface area contributed by atoms with Crippen molar-refractivity contribution in [2.45, 2.75) is 20.3 Å². The van der Waals surface area contributed by atoms with Gasteiger partial charge in [0.25, 0.3) is 0 Å². The highest BCUT2D eigenvalue weighted by atomic mass is 16.6. The molecular formula is C10H15N2O4. The number of hydrogen-bond acceptors (Lipinski definition) is 5. The molecule has 1 unspecified atom stereocenters. The number of carbonyl (C=O) groups excluding carboxylic acids is 3. The number of carbonyl (C=O) groups is 3. The van der Waals surface area contributed by atoms with E-state index in [0.717, 1.165) is 0 Å². The van der Waals surface area contributed by atoms with Crippen molar-refractivity contribution in [3.8, 4) is 0 Å². The molecule has 1 rings (SSSR count). The van der Waals surface area contributed by atoms with Gasteiger partial charge in [0.1, 0.15) is 6.04 Å². The summed E-state index contributed by atoms with van der Waals surface area (Å²) in [6.07, 6.45) is -0.155. The second-order valence-corrected chi connectivity index (χ2v) is 4.14. The molecule has 0 saturated heterocycles. The molecule has 16 heavy (non-hydrogen) atoms. The molecule has 1 amide bonds. The lowest BCUT2D eigenvalue weighted by molar-refractivity contribution is -0.149. The van der Waals surface area contributed by atoms with E-state index in [2.05, 4.69) is 5.48 Å². The molecule has 89 valence electrons. The van der Waals surface area contributed by atoms with Crippen LogP contribution in [0.2, 0.25) is 0 Å². The van der Waals surface area contributed by atoms with Crippen LogP contribution in [0.3, 0.4) is 0 Å². The summed E-state index contributed by atoms with van der Waals surface area (Å²) >= 11 is 0. The van der Waals surface area contributed by atoms with Crippen LogP contribution in [0, 0.1) is 17.9 Å². The fraction of sp³-hybridized carbons (Fsp3) is 0.600. The summed E-state index contributed by atoms with van der Waals surface area (Å²) in [4.78, 5) is 38.0. The lowest BCUT2D eigenvalue weighted by atomic mass is 9.75. The molecule has 3 N–H and O–H groups in total. The van der Waals surface area contributed by atoms with Gasteiger partial charge in [0, 0.05) is 6.42 Å². The number of nitrogens with one attached hydrogen (secondary N) is 1. The number of Topliss-reactive ketones (excluding diaryl/α,β-unsaturated/α-hetero) is 2. The molecule has 0 bridgehead atoms. The van der Waals surface area contributed by atoms with Crippen LogP contribution in [0.5, 0.6) is 0 Å². The molecule has 1 saturated carbocycles. The van der Waals surface area contributed by atoms with Gasteiger partial charge in [0.15, 0.2) is 0 Å². The van der Waals surface area contributed by atoms with E-state index in [0.29, 0.717) is 12.5 Å². The molecule has 0 aromatic carbocycles. The van der Waals surface area contributed by atoms with Gasteiger partial charge in [-0.3, -0.25) is 14.4 Å². The average molecular weight is 227 g/mol. The summed E-state index contributed by atoms with van der Waals surface area (Å²) in [5.74, 6) is -2.29. The predicted octanol–water partition coefficient (Wildman–Crippen LogP) is -0.661. The monoisotopic (exact) mass is 227 g/mol. The van der Waals surface area contributed by atoms with E-state index in [4.69, 9.17) is 10.6 Å². The molecule has 1 fully saturated rings. The Morgan fingerprint density at radius 3 is 2.62 bits per heavy atom. The highest BCUT2D eigenvalue weighted by Crippen LogP contribution is 2.29. The normalized spacial score (nSPS) is 21.3. The summed E-state index contributed by atoms with van der Waals surface area (Å²) in [7, 11) is 0. The van der Waals surface area contributed by atoms with Gasteiger partial charge in [-0.05, 0) is 5.92 Å². The standard InChI is InChI=1S/C10H15N2O4/c1-5(2)4-16-12-8-6(3-7(11)13)9(14)10(8)15/h5-6,12H,3-4H2,1-2H3,(H2,11,13). The Morgan fingerprint density at radius 1 is 1.50 bits per heavy atom. The van der Waals surface area contributed by atoms with Gasteiger partial charge < -0.3 is 10.6 Å². The van der Waals surface area contributed by atoms with E-state index in [1.54, 1.807) is 0 Å². The molecule has 6 heteroatoms. The minimum absolute atomic E-state index is 0.129. The molecule has 1 aliphatic rings. The zero-order valence-electron chi connectivity index (χ0n) is 9.28. The number of hydroxylamine groups is 1. The van der Waals surface area contributed by atoms with Crippen LogP contribution >= 0.6 is 0 Å². The van der Waals surface area contributed by atoms with Crippen molar-refractivity contribution in [3.63, 3.8) is 0 Å². The maximum absolute atomic E-state index is 11.1. The van der Waals surface area contributed by atoms with Gasteiger partial charge in [0.2, 0.25) is 17.5 Å². The predicted molar refractivity (Wildman–Crippen MR) is 54.5 cm³/mol. The number of rotatable bonds is 6. The largest absolute Gasteiger partial charge is 0.370 e. The molecule has 0 aromatic rings. The highest BCUT2D eigenvalue weighted by molar-refractivity contribution is 6.51. The van der Waals surface area contributed by atoms with Crippen molar-refractivity contribution in [2.75, 3.05) is 6.61 Å². The summed E-state index contributed by atoms with van der Waals surface area (Å²) < 4.78 is 0. The Hall–Kier alpha value is -1.27. The number of primary amides is 1. The van der Waals surface area contributed by atoms with Gasteiger partial charge >= 0.3 is 0 Å². The van der Waals surface area contributed by atoms with E-state index in [1.165, 1.54) is 0 Å². The van der Waals surface area contributed by atoms with Crippen molar-refractivity contribution < 1.29 is 19.2 Å². The van der Waals surface area contributed by atoms with E-state index < -0.39 is 23.4 Å². The van der Waals surface area contributed by atoms with Crippen LogP contribution in [0.15, 0.2) is 0 Å². The zero-order valence-corrected chi connectivity index (χ0v) is 9.28. The quantitative estimate of drug-likeness (QED) is 0.463. The molecule has 1 radical (unpaired) electrons. The Balaban J connectivity index is 2.42. The van der Waals surface area contributed by atoms with Crippen molar-refractivity contribution in [2.24, 2.45) is 17.6 Å². The third-order valence-corrected chi connectivity index (χ3v) is 2.14. The lowest BCUT2D eigenvalue weighted by Gasteiger charge is -2.31. The SMILES string of the molecule is CC(C)CON[C]1C(=O)C(=O)C1CC(N)=O. The van der Waals surface area contributed by atoms with Gasteiger partial charge in [-0.1, -0.05) is 13.8 Å². The molecule has 0 aromatic heterocycles. The first kappa shape index (κ1) is 12.8. The Kier molecular flexibility index (Phi) is 4.14. The molecule has 1 aliphatic carbocycles. The topological polar surface area (TPSA) is 98.5 Å². The van der Waals surface area contributed by atoms with E-state index in [1.807, 2.05) is 13.8 Å². The zero-order chi connectivity index (χ0) is 12.3. The van der Waals surface area contributed by atoms with Gasteiger partial charge in [-0.2, -0.15) is 5.48 Å². The molecular weight excluding hydrogens is 212 g/mol. The maximum atomic E-state index is 11.1. The fourth-order valence-corrected chi connectivity index (χ4v) is 1.30. The summed E-state index contributed by atoms with van der Waals surface area (Å²) in [5, 5.41) is 0. The maximum Gasteiger partial charge on any atom is 0.224 e. The first-order chi connectivity index (χ1) is 7.43. The Labute approximate surface area is 93.5 Å². The number of amides is 1. The molecule has 0 heterocycles. The Morgan fingerprint density at radius 2 is 2.12 bits per heavy atom. The summed E-state index contributed by atoms with van der Waals surface area (Å²) in [6.45, 7) is 4.30. The summed E-state index contributed by atoms with van der Waals surface area (Å²) in [6, 6.07) is 0.129. The van der Waals surface area contributed by atoms with Gasteiger partial charge in [0.05, 0.1) is 12.5 Å². The van der Waals surface area contributed by atoms with E-state index in [-0.39, 0.29) is 12.5 Å². The smallest absolute Gasteiger partial charge is 0.224 e. The summed E-state index contributed by atoms with van der Waals surface area (Å²) in [5.41, 5.74) is 7.39. The fourth-order valence-electron chi connectivity index (χ4n) is 1.30. The minimum Gasteiger partial charge on any atom is -0.370 e. The van der Waals surface area contributed by atoms with Crippen LogP contribution in [0.4, 0.5) is 0 Å². The van der Waals surface area contributed by atoms with Crippen LogP contribution in [-0.4, -0.2) is 24.1 Å². The van der Waals surface area contributed by atoms with Crippen molar-refractivity contribution in [3.05, 3.63) is 6.04 Å². The van der Waals surface area contributed by atoms with Crippen LogP contribution < -0.4 is 11.2 Å². The Bertz CT molecular complexity index is 314.